The first-order valence-electron chi connectivity index (χ1n) is 8.26. The van der Waals surface area contributed by atoms with E-state index in [4.69, 9.17) is 4.74 Å². The van der Waals surface area contributed by atoms with Gasteiger partial charge in [0.2, 0.25) is 0 Å². The van der Waals surface area contributed by atoms with Gasteiger partial charge < -0.3 is 9.84 Å². The van der Waals surface area contributed by atoms with Crippen LogP contribution in [0.15, 0.2) is 28.4 Å². The molecule has 6 nitrogen and oxygen atoms in total. The summed E-state index contributed by atoms with van der Waals surface area (Å²) < 4.78 is 7.07. The van der Waals surface area contributed by atoms with Crippen LogP contribution >= 0.6 is 11.3 Å². The highest BCUT2D eigenvalue weighted by Gasteiger charge is 2.21. The van der Waals surface area contributed by atoms with E-state index in [1.54, 1.807) is 17.4 Å². The lowest BCUT2D eigenvalue weighted by Gasteiger charge is -2.29. The summed E-state index contributed by atoms with van der Waals surface area (Å²) in [5.74, 6) is 0. The van der Waals surface area contributed by atoms with Crippen molar-refractivity contribution in [2.75, 3.05) is 19.7 Å². The molecule has 0 fully saturated rings. The van der Waals surface area contributed by atoms with Crippen LogP contribution in [0.2, 0.25) is 0 Å². The first-order chi connectivity index (χ1) is 11.7. The summed E-state index contributed by atoms with van der Waals surface area (Å²) >= 11 is 1.65. The first-order valence-corrected chi connectivity index (χ1v) is 9.14. The lowest BCUT2D eigenvalue weighted by Crippen LogP contribution is -2.40. The number of aryl methyl sites for hydroxylation is 1. The number of rotatable bonds is 7. The van der Waals surface area contributed by atoms with Crippen LogP contribution in [0, 0.1) is 0 Å². The van der Waals surface area contributed by atoms with E-state index in [0.717, 1.165) is 29.1 Å². The molecule has 24 heavy (non-hydrogen) atoms. The second-order valence-electron chi connectivity index (χ2n) is 6.00. The van der Waals surface area contributed by atoms with E-state index in [1.165, 1.54) is 4.68 Å². The fourth-order valence-corrected chi connectivity index (χ4v) is 3.56. The molecular weight excluding hydrogens is 326 g/mol. The minimum Gasteiger partial charge on any atom is -0.389 e. The van der Waals surface area contributed by atoms with Gasteiger partial charge in [-0.15, -0.1) is 11.3 Å². The molecule has 0 bridgehead atoms. The summed E-state index contributed by atoms with van der Waals surface area (Å²) in [6.45, 7) is 5.41. The highest BCUT2D eigenvalue weighted by atomic mass is 32.1. The fourth-order valence-electron chi connectivity index (χ4n) is 2.92. The number of nitrogens with zero attached hydrogens (tertiary/aromatic N) is 3. The summed E-state index contributed by atoms with van der Waals surface area (Å²) in [7, 11) is 0. The Bertz CT molecular complexity index is 714. The maximum Gasteiger partial charge on any atom is 0.267 e. The summed E-state index contributed by atoms with van der Waals surface area (Å²) in [4.78, 5) is 15.2. The van der Waals surface area contributed by atoms with E-state index < -0.39 is 6.10 Å². The van der Waals surface area contributed by atoms with Gasteiger partial charge in [0.25, 0.3) is 5.56 Å². The average molecular weight is 349 g/mol. The molecule has 0 amide bonds. The minimum atomic E-state index is -0.532. The summed E-state index contributed by atoms with van der Waals surface area (Å²) in [5.41, 5.74) is 1.91. The Balaban J connectivity index is 1.50. The van der Waals surface area contributed by atoms with Crippen LogP contribution < -0.4 is 5.56 Å². The Morgan fingerprint density at radius 2 is 2.38 bits per heavy atom. The van der Waals surface area contributed by atoms with E-state index in [2.05, 4.69) is 10.00 Å². The third-order valence-corrected chi connectivity index (χ3v) is 4.98. The van der Waals surface area contributed by atoms with Crippen molar-refractivity contribution in [2.45, 2.75) is 39.1 Å². The van der Waals surface area contributed by atoms with Crippen molar-refractivity contribution in [3.05, 3.63) is 50.1 Å². The number of hydrogen-bond donors (Lipinski definition) is 1. The van der Waals surface area contributed by atoms with Gasteiger partial charge in [0.1, 0.15) is 0 Å². The molecule has 0 saturated heterocycles. The average Bonchev–Trinajstić information content (AvgIpc) is 3.07. The molecule has 0 aromatic carbocycles. The van der Waals surface area contributed by atoms with Crippen LogP contribution in [0.5, 0.6) is 0 Å². The van der Waals surface area contributed by atoms with E-state index >= 15 is 0 Å². The quantitative estimate of drug-likeness (QED) is 0.815. The molecule has 2 aromatic rings. The maximum atomic E-state index is 11.9. The molecule has 1 atom stereocenters. The predicted octanol–water partition coefficient (Wildman–Crippen LogP) is 1.26. The number of aromatic nitrogens is 2. The highest BCUT2D eigenvalue weighted by Crippen LogP contribution is 2.15. The fraction of sp³-hybridized carbons (Fsp3) is 0.529. The van der Waals surface area contributed by atoms with Gasteiger partial charge in [-0.05, 0) is 23.9 Å². The Kier molecular flexibility index (Phi) is 5.78. The van der Waals surface area contributed by atoms with Crippen LogP contribution in [-0.4, -0.2) is 45.6 Å². The van der Waals surface area contributed by atoms with Gasteiger partial charge in [0, 0.05) is 43.5 Å². The van der Waals surface area contributed by atoms with E-state index in [0.29, 0.717) is 32.8 Å². The molecule has 1 N–H and O–H groups in total. The van der Waals surface area contributed by atoms with Crippen LogP contribution in [-0.2, 0) is 30.9 Å². The van der Waals surface area contributed by atoms with Gasteiger partial charge in [-0.25, -0.2) is 4.68 Å². The van der Waals surface area contributed by atoms with Crippen LogP contribution in [0.25, 0.3) is 0 Å². The van der Waals surface area contributed by atoms with Crippen LogP contribution in [0.4, 0.5) is 0 Å². The normalized spacial score (nSPS) is 16.1. The van der Waals surface area contributed by atoms with E-state index in [9.17, 15) is 9.90 Å². The molecule has 3 heterocycles. The van der Waals surface area contributed by atoms with E-state index in [-0.39, 0.29) is 5.56 Å². The number of ether oxygens (including phenoxy) is 1. The standard InChI is InChI=1S/C17H23N3O3S/c1-2-20-17(22)8-13-9-19(6-5-16(13)18-20)10-14(21)11-23-12-15-4-3-7-24-15/h3-4,7-8,14,21H,2,5-6,9-12H2,1H3/t14-/m1/s1. The third-order valence-electron chi connectivity index (χ3n) is 4.13. The summed E-state index contributed by atoms with van der Waals surface area (Å²) in [5, 5.41) is 16.6. The van der Waals surface area contributed by atoms with Gasteiger partial charge >= 0.3 is 0 Å². The smallest absolute Gasteiger partial charge is 0.267 e. The van der Waals surface area contributed by atoms with E-state index in [1.807, 2.05) is 24.4 Å². The zero-order valence-electron chi connectivity index (χ0n) is 13.9. The first kappa shape index (κ1) is 17.3. The Morgan fingerprint density at radius 3 is 3.12 bits per heavy atom. The number of hydrogen-bond acceptors (Lipinski definition) is 6. The van der Waals surface area contributed by atoms with Crippen molar-refractivity contribution in [2.24, 2.45) is 0 Å². The molecule has 1 aliphatic heterocycles. The van der Waals surface area contributed by atoms with Gasteiger partial charge in [0.15, 0.2) is 0 Å². The molecule has 130 valence electrons. The van der Waals surface area contributed by atoms with Crippen molar-refractivity contribution >= 4 is 11.3 Å². The van der Waals surface area contributed by atoms with Crippen LogP contribution in [0.3, 0.4) is 0 Å². The van der Waals surface area contributed by atoms with Crippen molar-refractivity contribution in [1.82, 2.24) is 14.7 Å². The Hall–Kier alpha value is -1.54. The molecule has 0 aliphatic carbocycles. The van der Waals surface area contributed by atoms with Gasteiger partial charge in [-0.1, -0.05) is 6.07 Å². The number of aliphatic hydroxyl groups excluding tert-OH is 1. The zero-order chi connectivity index (χ0) is 16.9. The highest BCUT2D eigenvalue weighted by molar-refractivity contribution is 7.09. The zero-order valence-corrected chi connectivity index (χ0v) is 14.7. The van der Waals surface area contributed by atoms with Crippen molar-refractivity contribution in [3.63, 3.8) is 0 Å². The van der Waals surface area contributed by atoms with Gasteiger partial charge in [-0.3, -0.25) is 9.69 Å². The third kappa shape index (κ3) is 4.30. The molecule has 0 spiro atoms. The molecule has 7 heteroatoms. The largest absolute Gasteiger partial charge is 0.389 e. The molecule has 0 radical (unpaired) electrons. The molecule has 1 aliphatic rings. The molecular formula is C17H23N3O3S. The molecule has 0 unspecified atom stereocenters. The Labute approximate surface area is 145 Å². The number of aliphatic hydroxyl groups is 1. The lowest BCUT2D eigenvalue weighted by atomic mass is 10.1. The van der Waals surface area contributed by atoms with Crippen molar-refractivity contribution in [1.29, 1.82) is 0 Å². The minimum absolute atomic E-state index is 0.0575. The molecule has 0 saturated carbocycles. The second kappa shape index (κ2) is 8.02. The van der Waals surface area contributed by atoms with Gasteiger partial charge in [0.05, 0.1) is 25.0 Å². The number of β-amino-alcohol motifs (C(OH)–C–C–N with tert-alkyl or cyclic N) is 1. The SMILES string of the molecule is CCn1nc2c(cc1=O)CN(C[C@@H](O)COCc1cccs1)CC2. The van der Waals surface area contributed by atoms with Gasteiger partial charge in [-0.2, -0.15) is 5.10 Å². The topological polar surface area (TPSA) is 67.6 Å². The summed E-state index contributed by atoms with van der Waals surface area (Å²) in [6, 6.07) is 5.69. The Morgan fingerprint density at radius 1 is 1.50 bits per heavy atom. The maximum absolute atomic E-state index is 11.9. The summed E-state index contributed by atoms with van der Waals surface area (Å²) in [6.07, 6.45) is 0.272. The number of thiophene rings is 1. The predicted molar refractivity (Wildman–Crippen MR) is 93.1 cm³/mol. The molecule has 2 aromatic heterocycles. The second-order valence-corrected chi connectivity index (χ2v) is 7.04. The molecule has 3 rings (SSSR count). The lowest BCUT2D eigenvalue weighted by molar-refractivity contribution is 0.00832. The van der Waals surface area contributed by atoms with Crippen LogP contribution in [0.1, 0.15) is 23.1 Å². The van der Waals surface area contributed by atoms with Crippen molar-refractivity contribution < 1.29 is 9.84 Å². The monoisotopic (exact) mass is 349 g/mol. The number of fused-ring (bicyclic) bond motifs is 1. The van der Waals surface area contributed by atoms with Crippen molar-refractivity contribution in [3.8, 4) is 0 Å².